The molecule has 0 radical (unpaired) electrons. The van der Waals surface area contributed by atoms with E-state index in [1.807, 2.05) is 38.1 Å². The smallest absolute Gasteiger partial charge is 0.227 e. The van der Waals surface area contributed by atoms with Gasteiger partial charge in [0.15, 0.2) is 0 Å². The van der Waals surface area contributed by atoms with Crippen LogP contribution < -0.4 is 15.0 Å². The molecule has 3 rings (SSSR count). The summed E-state index contributed by atoms with van der Waals surface area (Å²) in [7, 11) is 0. The predicted octanol–water partition coefficient (Wildman–Crippen LogP) is 4.45. The molecule has 5 nitrogen and oxygen atoms in total. The first-order chi connectivity index (χ1) is 13.4. The first-order valence-corrected chi connectivity index (χ1v) is 9.89. The maximum atomic E-state index is 12.6. The molecule has 0 spiro atoms. The van der Waals surface area contributed by atoms with E-state index in [0.717, 1.165) is 11.3 Å². The molecule has 148 valence electrons. The second-order valence-electron chi connectivity index (χ2n) is 6.97. The number of rotatable bonds is 6. The second-order valence-corrected chi connectivity index (χ2v) is 7.76. The van der Waals surface area contributed by atoms with Crippen molar-refractivity contribution in [3.63, 3.8) is 0 Å². The summed E-state index contributed by atoms with van der Waals surface area (Å²) in [6, 6.07) is 12.7. The Bertz CT molecular complexity index is 886. The third kappa shape index (κ3) is 4.59. The minimum Gasteiger partial charge on any atom is -0.491 e. The Balaban J connectivity index is 1.65. The normalized spacial score (nSPS) is 16.5. The Morgan fingerprint density at radius 1 is 1.21 bits per heavy atom. The number of carbonyl (C=O) groups excluding carboxylic acids is 2. The number of amides is 2. The summed E-state index contributed by atoms with van der Waals surface area (Å²) in [6.07, 6.45) is 0.180. The van der Waals surface area contributed by atoms with E-state index in [2.05, 4.69) is 5.32 Å². The summed E-state index contributed by atoms with van der Waals surface area (Å²) in [5.74, 6) is -0.0189. The minimum atomic E-state index is -0.444. The largest absolute Gasteiger partial charge is 0.491 e. The van der Waals surface area contributed by atoms with E-state index in [4.69, 9.17) is 27.9 Å². The summed E-state index contributed by atoms with van der Waals surface area (Å²) < 4.78 is 5.78. The molecular formula is C21H22Cl2N2O3. The Kier molecular flexibility index (Phi) is 6.47. The van der Waals surface area contributed by atoms with Crippen molar-refractivity contribution in [3.05, 3.63) is 58.1 Å². The van der Waals surface area contributed by atoms with Crippen molar-refractivity contribution < 1.29 is 14.3 Å². The fourth-order valence-corrected chi connectivity index (χ4v) is 3.56. The highest BCUT2D eigenvalue weighted by Gasteiger charge is 2.36. The van der Waals surface area contributed by atoms with Crippen LogP contribution in [0.1, 0.15) is 25.8 Å². The van der Waals surface area contributed by atoms with Crippen LogP contribution in [-0.4, -0.2) is 24.5 Å². The molecule has 0 aromatic heterocycles. The number of carbonyl (C=O) groups is 2. The molecule has 0 bridgehead atoms. The lowest BCUT2D eigenvalue weighted by Gasteiger charge is -2.19. The van der Waals surface area contributed by atoms with Crippen LogP contribution >= 0.6 is 23.2 Å². The number of ether oxygens (including phenoxy) is 1. The molecule has 2 aromatic rings. The van der Waals surface area contributed by atoms with Crippen LogP contribution in [0.15, 0.2) is 42.5 Å². The summed E-state index contributed by atoms with van der Waals surface area (Å²) in [5.41, 5.74) is 1.42. The summed E-state index contributed by atoms with van der Waals surface area (Å²) in [6.45, 7) is 4.52. The zero-order valence-electron chi connectivity index (χ0n) is 15.7. The Morgan fingerprint density at radius 3 is 2.71 bits per heavy atom. The lowest BCUT2D eigenvalue weighted by molar-refractivity contribution is -0.126. The maximum Gasteiger partial charge on any atom is 0.227 e. The van der Waals surface area contributed by atoms with E-state index in [0.29, 0.717) is 22.3 Å². The molecule has 28 heavy (non-hydrogen) atoms. The summed E-state index contributed by atoms with van der Waals surface area (Å²) >= 11 is 12.3. The van der Waals surface area contributed by atoms with Gasteiger partial charge in [0, 0.05) is 25.1 Å². The van der Waals surface area contributed by atoms with Crippen LogP contribution in [0.4, 0.5) is 5.69 Å². The Hall–Kier alpha value is -2.24. The molecule has 0 saturated carbocycles. The molecule has 1 saturated heterocycles. The van der Waals surface area contributed by atoms with Crippen molar-refractivity contribution in [2.45, 2.75) is 32.9 Å². The van der Waals surface area contributed by atoms with Gasteiger partial charge in [-0.3, -0.25) is 9.59 Å². The number of hydrogen-bond donors (Lipinski definition) is 1. The standard InChI is InChI=1S/C21H22Cl2N2O3/c1-13(2)28-18-9-4-3-6-14(18)11-24-21(27)15-10-19(26)25(12-15)17-8-5-7-16(22)20(17)23/h3-9,13,15H,10-12H2,1-2H3,(H,24,27)/t15-/m1/s1. The van der Waals surface area contributed by atoms with Crippen molar-refractivity contribution in [2.24, 2.45) is 5.92 Å². The molecule has 0 aliphatic carbocycles. The summed E-state index contributed by atoms with van der Waals surface area (Å²) in [4.78, 5) is 26.6. The van der Waals surface area contributed by atoms with Crippen LogP contribution in [0.5, 0.6) is 5.75 Å². The van der Waals surface area contributed by atoms with Crippen molar-refractivity contribution in [3.8, 4) is 5.75 Å². The highest BCUT2D eigenvalue weighted by atomic mass is 35.5. The first kappa shape index (κ1) is 20.5. The van der Waals surface area contributed by atoms with Crippen molar-refractivity contribution in [1.82, 2.24) is 5.32 Å². The Labute approximate surface area is 174 Å². The highest BCUT2D eigenvalue weighted by molar-refractivity contribution is 6.44. The molecular weight excluding hydrogens is 399 g/mol. The maximum absolute atomic E-state index is 12.6. The number of nitrogens with one attached hydrogen (secondary N) is 1. The first-order valence-electron chi connectivity index (χ1n) is 9.13. The van der Waals surface area contributed by atoms with E-state index < -0.39 is 5.92 Å². The molecule has 7 heteroatoms. The van der Waals surface area contributed by atoms with Crippen LogP contribution in [0.2, 0.25) is 10.0 Å². The molecule has 2 aromatic carbocycles. The van der Waals surface area contributed by atoms with E-state index in [-0.39, 0.29) is 30.9 Å². The van der Waals surface area contributed by atoms with Gasteiger partial charge in [0.05, 0.1) is 27.8 Å². The molecule has 1 aliphatic heterocycles. The quantitative estimate of drug-likeness (QED) is 0.750. The number of hydrogen-bond acceptors (Lipinski definition) is 3. The predicted molar refractivity (Wildman–Crippen MR) is 111 cm³/mol. The van der Waals surface area contributed by atoms with Gasteiger partial charge in [0.2, 0.25) is 11.8 Å². The van der Waals surface area contributed by atoms with Crippen molar-refractivity contribution >= 4 is 40.7 Å². The summed E-state index contributed by atoms with van der Waals surface area (Å²) in [5, 5.41) is 3.61. The van der Waals surface area contributed by atoms with Gasteiger partial charge < -0.3 is 15.0 Å². The molecule has 1 heterocycles. The topological polar surface area (TPSA) is 58.6 Å². The van der Waals surface area contributed by atoms with Crippen molar-refractivity contribution in [2.75, 3.05) is 11.4 Å². The molecule has 1 atom stereocenters. The SMILES string of the molecule is CC(C)Oc1ccccc1CNC(=O)[C@@H]1CC(=O)N(c2cccc(Cl)c2Cl)C1. The number of anilines is 1. The van der Waals surface area contributed by atoms with Gasteiger partial charge in [-0.05, 0) is 32.0 Å². The lowest BCUT2D eigenvalue weighted by Crippen LogP contribution is -2.32. The zero-order valence-corrected chi connectivity index (χ0v) is 17.3. The van der Waals surface area contributed by atoms with Crippen LogP contribution in [0, 0.1) is 5.92 Å². The van der Waals surface area contributed by atoms with Crippen molar-refractivity contribution in [1.29, 1.82) is 0 Å². The van der Waals surface area contributed by atoms with Gasteiger partial charge in [-0.15, -0.1) is 0 Å². The average molecular weight is 421 g/mol. The minimum absolute atomic E-state index is 0.0420. The van der Waals surface area contributed by atoms with Gasteiger partial charge in [-0.25, -0.2) is 0 Å². The van der Waals surface area contributed by atoms with Crippen LogP contribution in [-0.2, 0) is 16.1 Å². The lowest BCUT2D eigenvalue weighted by atomic mass is 10.1. The van der Waals surface area contributed by atoms with E-state index in [9.17, 15) is 9.59 Å². The third-order valence-electron chi connectivity index (χ3n) is 4.51. The third-order valence-corrected chi connectivity index (χ3v) is 5.32. The van der Waals surface area contributed by atoms with Gasteiger partial charge >= 0.3 is 0 Å². The van der Waals surface area contributed by atoms with Gasteiger partial charge in [0.25, 0.3) is 0 Å². The van der Waals surface area contributed by atoms with Gasteiger partial charge in [0.1, 0.15) is 5.75 Å². The molecule has 2 amide bonds. The molecule has 1 fully saturated rings. The van der Waals surface area contributed by atoms with E-state index in [1.54, 1.807) is 18.2 Å². The fourth-order valence-electron chi connectivity index (χ4n) is 3.16. The zero-order chi connectivity index (χ0) is 20.3. The van der Waals surface area contributed by atoms with Crippen LogP contribution in [0.25, 0.3) is 0 Å². The number of nitrogens with zero attached hydrogens (tertiary/aromatic N) is 1. The Morgan fingerprint density at radius 2 is 1.96 bits per heavy atom. The van der Waals surface area contributed by atoms with Gasteiger partial charge in [-0.1, -0.05) is 47.5 Å². The fraction of sp³-hybridized carbons (Fsp3) is 0.333. The van der Waals surface area contributed by atoms with Gasteiger partial charge in [-0.2, -0.15) is 0 Å². The molecule has 0 unspecified atom stereocenters. The second kappa shape index (κ2) is 8.84. The number of halogens is 2. The highest BCUT2D eigenvalue weighted by Crippen LogP contribution is 2.35. The average Bonchev–Trinajstić information content (AvgIpc) is 3.04. The number of benzene rings is 2. The molecule has 1 N–H and O–H groups in total. The monoisotopic (exact) mass is 420 g/mol. The number of para-hydroxylation sites is 1. The van der Waals surface area contributed by atoms with E-state index in [1.165, 1.54) is 4.90 Å². The molecule has 1 aliphatic rings. The van der Waals surface area contributed by atoms with Crippen LogP contribution in [0.3, 0.4) is 0 Å². The van der Waals surface area contributed by atoms with E-state index >= 15 is 0 Å².